The fourth-order valence-electron chi connectivity index (χ4n) is 1.44. The molecule has 0 spiro atoms. The minimum Gasteiger partial charge on any atom is -0.166 e. The Hall–Kier alpha value is -1.04. The molecule has 0 nitrogen and oxygen atoms in total. The Bertz CT molecular complexity index is 515. The molecular weight excluding hydrogens is 340 g/mol. The molecule has 0 unspecified atom stereocenters. The molecule has 0 aliphatic heterocycles. The predicted molar refractivity (Wildman–Crippen MR) is 68.4 cm³/mol. The van der Waals surface area contributed by atoms with Gasteiger partial charge in [-0.3, -0.25) is 0 Å². The SMILES string of the molecule is FC(F)(F)c1ccc(-c2[c]ccc(I)c2)cc1. The van der Waals surface area contributed by atoms with Gasteiger partial charge in [-0.05, 0) is 64.0 Å². The van der Waals surface area contributed by atoms with Crippen LogP contribution in [0.5, 0.6) is 0 Å². The van der Waals surface area contributed by atoms with Crippen LogP contribution in [-0.2, 0) is 6.18 Å². The predicted octanol–water partition coefficient (Wildman–Crippen LogP) is 4.78. The number of benzene rings is 2. The van der Waals surface area contributed by atoms with Crippen LogP contribution in [0.4, 0.5) is 13.2 Å². The van der Waals surface area contributed by atoms with Crippen molar-refractivity contribution in [2.75, 3.05) is 0 Å². The van der Waals surface area contributed by atoms with E-state index in [0.717, 1.165) is 26.8 Å². The molecule has 0 heterocycles. The molecule has 0 saturated heterocycles. The van der Waals surface area contributed by atoms with Crippen molar-refractivity contribution in [2.45, 2.75) is 6.18 Å². The first-order chi connectivity index (χ1) is 7.97. The highest BCUT2D eigenvalue weighted by molar-refractivity contribution is 14.1. The molecule has 0 N–H and O–H groups in total. The van der Waals surface area contributed by atoms with Gasteiger partial charge in [0, 0.05) is 3.57 Å². The van der Waals surface area contributed by atoms with E-state index in [1.165, 1.54) is 12.1 Å². The molecular formula is C13H7F3I. The standard InChI is InChI=1S/C13H7F3I/c14-13(15,16)11-6-4-9(5-7-11)10-2-1-3-12(17)8-10/h1,3-8H. The molecule has 2 rings (SSSR count). The maximum Gasteiger partial charge on any atom is 0.416 e. The third-order valence-electron chi connectivity index (χ3n) is 2.29. The minimum absolute atomic E-state index is 0.633. The lowest BCUT2D eigenvalue weighted by Crippen LogP contribution is -2.03. The molecule has 0 saturated carbocycles. The molecule has 17 heavy (non-hydrogen) atoms. The Labute approximate surface area is 111 Å². The summed E-state index contributed by atoms with van der Waals surface area (Å²) in [5.74, 6) is 0. The van der Waals surface area contributed by atoms with E-state index < -0.39 is 11.7 Å². The van der Waals surface area contributed by atoms with Crippen LogP contribution < -0.4 is 0 Å². The first-order valence-corrected chi connectivity index (χ1v) is 5.89. The number of hydrogen-bond acceptors (Lipinski definition) is 0. The second-order valence-corrected chi connectivity index (χ2v) is 4.74. The quantitative estimate of drug-likeness (QED) is 0.652. The fraction of sp³-hybridized carbons (Fsp3) is 0.0769. The van der Waals surface area contributed by atoms with E-state index in [1.807, 2.05) is 12.1 Å². The number of halogens is 4. The largest absolute Gasteiger partial charge is 0.416 e. The van der Waals surface area contributed by atoms with Gasteiger partial charge in [0.05, 0.1) is 5.56 Å². The van der Waals surface area contributed by atoms with Crippen molar-refractivity contribution < 1.29 is 13.2 Å². The Morgan fingerprint density at radius 3 is 2.18 bits per heavy atom. The number of hydrogen-bond donors (Lipinski definition) is 0. The summed E-state index contributed by atoms with van der Waals surface area (Å²) in [6, 6.07) is 13.6. The zero-order chi connectivity index (χ0) is 12.5. The van der Waals surface area contributed by atoms with E-state index in [0.29, 0.717) is 0 Å². The normalized spacial score (nSPS) is 11.5. The molecule has 0 aromatic heterocycles. The summed E-state index contributed by atoms with van der Waals surface area (Å²) in [7, 11) is 0. The van der Waals surface area contributed by atoms with E-state index >= 15 is 0 Å². The van der Waals surface area contributed by atoms with Gasteiger partial charge in [-0.2, -0.15) is 13.2 Å². The van der Waals surface area contributed by atoms with E-state index in [-0.39, 0.29) is 0 Å². The van der Waals surface area contributed by atoms with Crippen molar-refractivity contribution >= 4 is 22.6 Å². The Morgan fingerprint density at radius 1 is 1.00 bits per heavy atom. The highest BCUT2D eigenvalue weighted by Crippen LogP contribution is 2.31. The fourth-order valence-corrected chi connectivity index (χ4v) is 1.94. The van der Waals surface area contributed by atoms with Gasteiger partial charge in [0.25, 0.3) is 0 Å². The summed E-state index contributed by atoms with van der Waals surface area (Å²) in [5.41, 5.74) is 0.897. The lowest BCUT2D eigenvalue weighted by molar-refractivity contribution is -0.137. The van der Waals surface area contributed by atoms with Gasteiger partial charge in [0.15, 0.2) is 0 Å². The van der Waals surface area contributed by atoms with Crippen molar-refractivity contribution in [3.63, 3.8) is 0 Å². The van der Waals surface area contributed by atoms with Gasteiger partial charge in [-0.15, -0.1) is 0 Å². The van der Waals surface area contributed by atoms with Crippen molar-refractivity contribution in [2.24, 2.45) is 0 Å². The third-order valence-corrected chi connectivity index (χ3v) is 2.96. The van der Waals surface area contributed by atoms with Crippen LogP contribution in [0.3, 0.4) is 0 Å². The molecule has 87 valence electrons. The molecule has 4 heteroatoms. The summed E-state index contributed by atoms with van der Waals surface area (Å²) in [4.78, 5) is 0. The lowest BCUT2D eigenvalue weighted by atomic mass is 10.0. The highest BCUT2D eigenvalue weighted by atomic mass is 127. The molecule has 0 fully saturated rings. The Kier molecular flexibility index (Phi) is 3.42. The van der Waals surface area contributed by atoms with Gasteiger partial charge < -0.3 is 0 Å². The second-order valence-electron chi connectivity index (χ2n) is 3.50. The van der Waals surface area contributed by atoms with E-state index in [2.05, 4.69) is 28.7 Å². The zero-order valence-corrected chi connectivity index (χ0v) is 10.7. The van der Waals surface area contributed by atoms with Gasteiger partial charge in [-0.1, -0.05) is 18.2 Å². The lowest BCUT2D eigenvalue weighted by Gasteiger charge is -2.07. The molecule has 0 aliphatic rings. The van der Waals surface area contributed by atoms with Crippen molar-refractivity contribution in [1.29, 1.82) is 0 Å². The Balaban J connectivity index is 2.36. The van der Waals surface area contributed by atoms with E-state index in [1.54, 1.807) is 6.07 Å². The molecule has 0 aliphatic carbocycles. The van der Waals surface area contributed by atoms with Crippen LogP contribution in [0.15, 0.2) is 42.5 Å². The van der Waals surface area contributed by atoms with Crippen molar-refractivity contribution in [3.05, 3.63) is 57.7 Å². The van der Waals surface area contributed by atoms with E-state index in [9.17, 15) is 13.2 Å². The topological polar surface area (TPSA) is 0 Å². The van der Waals surface area contributed by atoms with Gasteiger partial charge in [0.2, 0.25) is 0 Å². The molecule has 2 aromatic carbocycles. The summed E-state index contributed by atoms with van der Waals surface area (Å²) >= 11 is 2.15. The van der Waals surface area contributed by atoms with E-state index in [4.69, 9.17) is 0 Å². The number of alkyl halides is 3. The molecule has 0 amide bonds. The van der Waals surface area contributed by atoms with Gasteiger partial charge in [0.1, 0.15) is 0 Å². The first kappa shape index (κ1) is 12.4. The summed E-state index contributed by atoms with van der Waals surface area (Å²) in [6.45, 7) is 0. The average molecular weight is 347 g/mol. The molecule has 0 atom stereocenters. The van der Waals surface area contributed by atoms with Crippen LogP contribution >= 0.6 is 22.6 Å². The van der Waals surface area contributed by atoms with Crippen molar-refractivity contribution in [3.8, 4) is 11.1 Å². The van der Waals surface area contributed by atoms with Crippen LogP contribution in [0.25, 0.3) is 11.1 Å². The maximum absolute atomic E-state index is 12.4. The zero-order valence-electron chi connectivity index (χ0n) is 8.55. The third kappa shape index (κ3) is 3.00. The maximum atomic E-state index is 12.4. The van der Waals surface area contributed by atoms with Gasteiger partial charge >= 0.3 is 6.18 Å². The van der Waals surface area contributed by atoms with Crippen molar-refractivity contribution in [1.82, 2.24) is 0 Å². The minimum atomic E-state index is -4.28. The van der Waals surface area contributed by atoms with Crippen LogP contribution in [0.1, 0.15) is 5.56 Å². The molecule has 1 radical (unpaired) electrons. The van der Waals surface area contributed by atoms with Gasteiger partial charge in [-0.25, -0.2) is 0 Å². The molecule has 2 aromatic rings. The van der Waals surface area contributed by atoms with Crippen LogP contribution in [0, 0.1) is 9.64 Å². The highest BCUT2D eigenvalue weighted by Gasteiger charge is 2.29. The van der Waals surface area contributed by atoms with Crippen LogP contribution in [-0.4, -0.2) is 0 Å². The average Bonchev–Trinajstić information content (AvgIpc) is 2.28. The second kappa shape index (κ2) is 4.68. The molecule has 0 bridgehead atoms. The van der Waals surface area contributed by atoms with Crippen LogP contribution in [0.2, 0.25) is 0 Å². The summed E-state index contributed by atoms with van der Waals surface area (Å²) in [5, 5.41) is 0. The summed E-state index contributed by atoms with van der Waals surface area (Å²) in [6.07, 6.45) is -4.28. The first-order valence-electron chi connectivity index (χ1n) is 4.82. The smallest absolute Gasteiger partial charge is 0.166 e. The Morgan fingerprint density at radius 2 is 1.65 bits per heavy atom. The number of rotatable bonds is 1. The summed E-state index contributed by atoms with van der Waals surface area (Å²) < 4.78 is 38.2. The monoisotopic (exact) mass is 347 g/mol.